The number of nitrogens with zero attached hydrogens (tertiary/aromatic N) is 1. The van der Waals surface area contributed by atoms with Crippen molar-refractivity contribution in [2.45, 2.75) is 25.3 Å². The van der Waals surface area contributed by atoms with E-state index in [4.69, 9.17) is 0 Å². The third kappa shape index (κ3) is 2.47. The predicted octanol–water partition coefficient (Wildman–Crippen LogP) is 4.23. The summed E-state index contributed by atoms with van der Waals surface area (Å²) in [4.78, 5) is 13.2. The zero-order valence-corrected chi connectivity index (χ0v) is 12.5. The lowest BCUT2D eigenvalue weighted by molar-refractivity contribution is 0.112. The summed E-state index contributed by atoms with van der Waals surface area (Å²) in [6.45, 7) is 1.23. The van der Waals surface area contributed by atoms with Crippen LogP contribution >= 0.6 is 0 Å². The van der Waals surface area contributed by atoms with E-state index in [9.17, 15) is 4.79 Å². The SMILES string of the molecule is O=Cc1ccc(Nc2ccc(N3C[C@H]4CC[C@@H]3C4)cc2)cc1. The van der Waals surface area contributed by atoms with Crippen LogP contribution < -0.4 is 10.2 Å². The highest BCUT2D eigenvalue weighted by atomic mass is 16.1. The molecule has 2 aromatic carbocycles. The van der Waals surface area contributed by atoms with E-state index in [-0.39, 0.29) is 0 Å². The number of carbonyl (C=O) groups is 1. The van der Waals surface area contributed by atoms with Gasteiger partial charge >= 0.3 is 0 Å². The molecular formula is C19H20N2O. The van der Waals surface area contributed by atoms with Crippen LogP contribution in [0.25, 0.3) is 0 Å². The van der Waals surface area contributed by atoms with Crippen molar-refractivity contribution in [3.8, 4) is 0 Å². The molecular weight excluding hydrogens is 272 g/mol. The lowest BCUT2D eigenvalue weighted by Crippen LogP contribution is -2.31. The summed E-state index contributed by atoms with van der Waals surface area (Å²) in [6, 6.07) is 17.0. The second-order valence-corrected chi connectivity index (χ2v) is 6.40. The molecule has 1 heterocycles. The van der Waals surface area contributed by atoms with Gasteiger partial charge in [0.15, 0.2) is 0 Å². The van der Waals surface area contributed by atoms with Crippen molar-refractivity contribution < 1.29 is 4.79 Å². The molecule has 2 aliphatic rings. The van der Waals surface area contributed by atoms with Crippen LogP contribution in [0.3, 0.4) is 0 Å². The lowest BCUT2D eigenvalue weighted by atomic mass is 10.1. The van der Waals surface area contributed by atoms with Crippen molar-refractivity contribution in [3.63, 3.8) is 0 Å². The van der Waals surface area contributed by atoms with Crippen LogP contribution in [0.1, 0.15) is 29.6 Å². The molecule has 0 spiro atoms. The number of benzene rings is 2. The third-order valence-corrected chi connectivity index (χ3v) is 4.94. The molecule has 1 saturated heterocycles. The van der Waals surface area contributed by atoms with Gasteiger partial charge in [0, 0.05) is 35.2 Å². The van der Waals surface area contributed by atoms with Crippen LogP contribution in [0, 0.1) is 5.92 Å². The van der Waals surface area contributed by atoms with Gasteiger partial charge in [-0.1, -0.05) is 0 Å². The summed E-state index contributed by atoms with van der Waals surface area (Å²) in [6.07, 6.45) is 5.01. The Morgan fingerprint density at radius 3 is 2.18 bits per heavy atom. The minimum atomic E-state index is 0.699. The third-order valence-electron chi connectivity index (χ3n) is 4.94. The van der Waals surface area contributed by atoms with Crippen molar-refractivity contribution in [1.82, 2.24) is 0 Å². The van der Waals surface area contributed by atoms with Crippen molar-refractivity contribution >= 4 is 23.3 Å². The van der Waals surface area contributed by atoms with E-state index in [0.717, 1.165) is 29.6 Å². The highest BCUT2D eigenvalue weighted by Gasteiger charge is 2.37. The first-order valence-corrected chi connectivity index (χ1v) is 8.01. The molecule has 0 unspecified atom stereocenters. The van der Waals surface area contributed by atoms with Gasteiger partial charge in [0.1, 0.15) is 6.29 Å². The number of hydrogen-bond donors (Lipinski definition) is 1. The molecule has 2 atom stereocenters. The number of carbonyl (C=O) groups excluding carboxylic acids is 1. The Hall–Kier alpha value is -2.29. The van der Waals surface area contributed by atoms with Crippen molar-refractivity contribution in [2.24, 2.45) is 5.92 Å². The van der Waals surface area contributed by atoms with Gasteiger partial charge in [-0.3, -0.25) is 4.79 Å². The van der Waals surface area contributed by atoms with E-state index >= 15 is 0 Å². The summed E-state index contributed by atoms with van der Waals surface area (Å²) < 4.78 is 0. The summed E-state index contributed by atoms with van der Waals surface area (Å²) in [5, 5.41) is 3.37. The molecule has 1 aliphatic heterocycles. The Morgan fingerprint density at radius 2 is 1.64 bits per heavy atom. The summed E-state index contributed by atoms with van der Waals surface area (Å²) >= 11 is 0. The molecule has 112 valence electrons. The summed E-state index contributed by atoms with van der Waals surface area (Å²) in [5.41, 5.74) is 4.12. The van der Waals surface area contributed by atoms with E-state index < -0.39 is 0 Å². The van der Waals surface area contributed by atoms with E-state index in [1.165, 1.54) is 31.5 Å². The largest absolute Gasteiger partial charge is 0.368 e. The molecule has 3 heteroatoms. The predicted molar refractivity (Wildman–Crippen MR) is 90.0 cm³/mol. The van der Waals surface area contributed by atoms with Gasteiger partial charge in [0.05, 0.1) is 0 Å². The van der Waals surface area contributed by atoms with Gasteiger partial charge in [0.25, 0.3) is 0 Å². The van der Waals surface area contributed by atoms with Crippen LogP contribution in [0.5, 0.6) is 0 Å². The fourth-order valence-corrected chi connectivity index (χ4v) is 3.79. The van der Waals surface area contributed by atoms with E-state index in [1.807, 2.05) is 24.3 Å². The topological polar surface area (TPSA) is 32.3 Å². The average molecular weight is 292 g/mol. The van der Waals surface area contributed by atoms with Gasteiger partial charge in [-0.15, -0.1) is 0 Å². The van der Waals surface area contributed by atoms with Crippen molar-refractivity contribution in [2.75, 3.05) is 16.8 Å². The average Bonchev–Trinajstić information content (AvgIpc) is 3.19. The Labute approximate surface area is 131 Å². The summed E-state index contributed by atoms with van der Waals surface area (Å²) in [5.74, 6) is 0.916. The van der Waals surface area contributed by atoms with Crippen LogP contribution in [0.2, 0.25) is 0 Å². The van der Waals surface area contributed by atoms with Crippen LogP contribution in [-0.2, 0) is 0 Å². The Balaban J connectivity index is 1.46. The number of nitrogens with one attached hydrogen (secondary N) is 1. The maximum absolute atomic E-state index is 10.7. The molecule has 22 heavy (non-hydrogen) atoms. The molecule has 0 radical (unpaired) electrons. The van der Waals surface area contributed by atoms with Crippen molar-refractivity contribution in [1.29, 1.82) is 0 Å². The fraction of sp³-hybridized carbons (Fsp3) is 0.316. The standard InChI is InChI=1S/C19H20N2O/c22-13-14-1-4-16(5-2-14)20-17-6-9-18(10-7-17)21-12-15-3-8-19(21)11-15/h1-2,4-7,9-10,13,15,19-20H,3,8,11-12H2/t15-,19+/m0/s1. The highest BCUT2D eigenvalue weighted by Crippen LogP contribution is 2.40. The lowest BCUT2D eigenvalue weighted by Gasteiger charge is -2.29. The minimum absolute atomic E-state index is 0.699. The second-order valence-electron chi connectivity index (χ2n) is 6.40. The van der Waals surface area contributed by atoms with Crippen LogP contribution in [0.15, 0.2) is 48.5 Å². The number of fused-ring (bicyclic) bond motifs is 2. The van der Waals surface area contributed by atoms with E-state index in [1.54, 1.807) is 0 Å². The molecule has 2 aromatic rings. The number of piperidine rings is 1. The quantitative estimate of drug-likeness (QED) is 0.856. The molecule has 2 fully saturated rings. The molecule has 0 aromatic heterocycles. The zero-order valence-electron chi connectivity index (χ0n) is 12.5. The number of anilines is 3. The number of hydrogen-bond acceptors (Lipinski definition) is 3. The number of rotatable bonds is 4. The molecule has 1 saturated carbocycles. The first kappa shape index (κ1) is 13.4. The van der Waals surface area contributed by atoms with Gasteiger partial charge < -0.3 is 10.2 Å². The van der Waals surface area contributed by atoms with E-state index in [0.29, 0.717) is 5.56 Å². The Bertz CT molecular complexity index is 663. The minimum Gasteiger partial charge on any atom is -0.368 e. The van der Waals surface area contributed by atoms with Gasteiger partial charge in [-0.05, 0) is 73.7 Å². The fourth-order valence-electron chi connectivity index (χ4n) is 3.79. The van der Waals surface area contributed by atoms with E-state index in [2.05, 4.69) is 34.5 Å². The molecule has 1 aliphatic carbocycles. The Morgan fingerprint density at radius 1 is 0.955 bits per heavy atom. The highest BCUT2D eigenvalue weighted by molar-refractivity contribution is 5.76. The molecule has 0 amide bonds. The second kappa shape index (κ2) is 5.48. The maximum atomic E-state index is 10.7. The monoisotopic (exact) mass is 292 g/mol. The summed E-state index contributed by atoms with van der Waals surface area (Å²) in [7, 11) is 0. The van der Waals surface area contributed by atoms with Crippen LogP contribution in [-0.4, -0.2) is 18.9 Å². The molecule has 2 bridgehead atoms. The van der Waals surface area contributed by atoms with Crippen molar-refractivity contribution in [3.05, 3.63) is 54.1 Å². The maximum Gasteiger partial charge on any atom is 0.150 e. The van der Waals surface area contributed by atoms with Gasteiger partial charge in [-0.25, -0.2) is 0 Å². The zero-order chi connectivity index (χ0) is 14.9. The molecule has 3 nitrogen and oxygen atoms in total. The first-order valence-electron chi connectivity index (χ1n) is 8.01. The molecule has 1 N–H and O–H groups in total. The van der Waals surface area contributed by atoms with Gasteiger partial charge in [0.2, 0.25) is 0 Å². The normalized spacial score (nSPS) is 22.8. The van der Waals surface area contributed by atoms with Crippen LogP contribution in [0.4, 0.5) is 17.1 Å². The molecule has 4 rings (SSSR count). The Kier molecular flexibility index (Phi) is 3.34. The van der Waals surface area contributed by atoms with Gasteiger partial charge in [-0.2, -0.15) is 0 Å². The first-order chi connectivity index (χ1) is 10.8. The smallest absolute Gasteiger partial charge is 0.150 e. The number of aldehydes is 1.